The van der Waals surface area contributed by atoms with Crippen LogP contribution in [0.5, 0.6) is 5.75 Å². The Hall–Kier alpha value is -2.14. The van der Waals surface area contributed by atoms with Crippen molar-refractivity contribution in [3.8, 4) is 5.75 Å². The minimum Gasteiger partial charge on any atom is -0.488 e. The molecule has 1 fully saturated rings. The van der Waals surface area contributed by atoms with Crippen molar-refractivity contribution in [1.82, 2.24) is 4.98 Å². The first-order valence-electron chi connectivity index (χ1n) is 7.11. The summed E-state index contributed by atoms with van der Waals surface area (Å²) in [4.78, 5) is 15.6. The fourth-order valence-electron chi connectivity index (χ4n) is 2.90. The monoisotopic (exact) mass is 286 g/mol. The zero-order valence-corrected chi connectivity index (χ0v) is 11.7. The molecule has 1 saturated carbocycles. The molecule has 5 nitrogen and oxygen atoms in total. The van der Waals surface area contributed by atoms with Gasteiger partial charge in [-0.05, 0) is 31.4 Å². The average molecular weight is 286 g/mol. The van der Waals surface area contributed by atoms with Crippen LogP contribution in [-0.4, -0.2) is 27.7 Å². The number of carbonyl (C=O) groups is 1. The van der Waals surface area contributed by atoms with Crippen molar-refractivity contribution in [1.29, 1.82) is 0 Å². The third-order valence-corrected chi connectivity index (χ3v) is 4.06. The molecule has 1 aliphatic carbocycles. The summed E-state index contributed by atoms with van der Waals surface area (Å²) >= 11 is 0. The molecule has 2 atom stereocenters. The largest absolute Gasteiger partial charge is 0.488 e. The Labute approximate surface area is 122 Å². The quantitative estimate of drug-likeness (QED) is 0.904. The molecular formula is C16H18N2O3. The predicted octanol–water partition coefficient (Wildman–Crippen LogP) is 2.34. The Balaban J connectivity index is 1.84. The van der Waals surface area contributed by atoms with E-state index in [-0.39, 0.29) is 6.10 Å². The number of hydrogen-bond acceptors (Lipinski definition) is 4. The molecule has 0 radical (unpaired) electrons. The van der Waals surface area contributed by atoms with Crippen LogP contribution >= 0.6 is 0 Å². The van der Waals surface area contributed by atoms with Gasteiger partial charge in [-0.3, -0.25) is 9.78 Å². The zero-order chi connectivity index (χ0) is 14.9. The molecule has 1 aromatic heterocycles. The highest BCUT2D eigenvalue weighted by Gasteiger charge is 2.40. The van der Waals surface area contributed by atoms with Gasteiger partial charge in [-0.25, -0.2) is 0 Å². The molecule has 1 aromatic carbocycles. The van der Waals surface area contributed by atoms with Crippen LogP contribution in [0.1, 0.15) is 25.7 Å². The van der Waals surface area contributed by atoms with E-state index in [1.807, 2.05) is 30.3 Å². The molecule has 0 saturated heterocycles. The molecule has 0 aliphatic heterocycles. The van der Waals surface area contributed by atoms with Crippen molar-refractivity contribution in [2.45, 2.75) is 37.3 Å². The molecule has 3 rings (SSSR count). The van der Waals surface area contributed by atoms with Gasteiger partial charge in [0.1, 0.15) is 22.9 Å². The summed E-state index contributed by atoms with van der Waals surface area (Å²) in [5, 5.41) is 10.3. The molecule has 0 spiro atoms. The van der Waals surface area contributed by atoms with Crippen LogP contribution in [0.2, 0.25) is 0 Å². The molecule has 1 heterocycles. The molecule has 2 aromatic rings. The average Bonchev–Trinajstić information content (AvgIpc) is 2.48. The number of hydrogen-bond donors (Lipinski definition) is 2. The van der Waals surface area contributed by atoms with Crippen molar-refractivity contribution < 1.29 is 14.6 Å². The second-order valence-corrected chi connectivity index (χ2v) is 5.63. The third-order valence-electron chi connectivity index (χ3n) is 4.06. The SMILES string of the molecule is NC1(C(=O)O)CCCC(Oc2cccc3cccnc23)C1. The maximum Gasteiger partial charge on any atom is 0.323 e. The predicted molar refractivity (Wildman–Crippen MR) is 79.2 cm³/mol. The van der Waals surface area contributed by atoms with Crippen molar-refractivity contribution >= 4 is 16.9 Å². The zero-order valence-electron chi connectivity index (χ0n) is 11.7. The highest BCUT2D eigenvalue weighted by molar-refractivity contribution is 5.84. The van der Waals surface area contributed by atoms with Crippen molar-refractivity contribution in [3.63, 3.8) is 0 Å². The summed E-state index contributed by atoms with van der Waals surface area (Å²) in [6.45, 7) is 0. The van der Waals surface area contributed by atoms with Gasteiger partial charge in [0.05, 0.1) is 0 Å². The van der Waals surface area contributed by atoms with E-state index in [1.165, 1.54) is 0 Å². The molecule has 3 N–H and O–H groups in total. The third kappa shape index (κ3) is 2.69. The highest BCUT2D eigenvalue weighted by atomic mass is 16.5. The number of nitrogens with two attached hydrogens (primary N) is 1. The van der Waals surface area contributed by atoms with Crippen LogP contribution in [0.25, 0.3) is 10.9 Å². The maximum atomic E-state index is 11.3. The Morgan fingerprint density at radius 3 is 3.00 bits per heavy atom. The number of rotatable bonds is 3. The fraction of sp³-hybridized carbons (Fsp3) is 0.375. The van der Waals surface area contributed by atoms with Gasteiger partial charge < -0.3 is 15.6 Å². The molecule has 0 amide bonds. The lowest BCUT2D eigenvalue weighted by Gasteiger charge is -2.34. The van der Waals surface area contributed by atoms with Gasteiger partial charge in [-0.1, -0.05) is 18.2 Å². The molecule has 5 heteroatoms. The second kappa shape index (κ2) is 5.33. The van der Waals surface area contributed by atoms with Gasteiger partial charge in [-0.2, -0.15) is 0 Å². The lowest BCUT2D eigenvalue weighted by Crippen LogP contribution is -2.53. The van der Waals surface area contributed by atoms with Crippen LogP contribution in [0, 0.1) is 0 Å². The Morgan fingerprint density at radius 2 is 2.19 bits per heavy atom. The van der Waals surface area contributed by atoms with Gasteiger partial charge in [-0.15, -0.1) is 0 Å². The van der Waals surface area contributed by atoms with E-state index in [4.69, 9.17) is 10.5 Å². The van der Waals surface area contributed by atoms with E-state index in [2.05, 4.69) is 4.98 Å². The van der Waals surface area contributed by atoms with Crippen molar-refractivity contribution in [2.75, 3.05) is 0 Å². The van der Waals surface area contributed by atoms with Crippen LogP contribution in [0.4, 0.5) is 0 Å². The molecule has 21 heavy (non-hydrogen) atoms. The van der Waals surface area contributed by atoms with E-state index >= 15 is 0 Å². The van der Waals surface area contributed by atoms with Gasteiger partial charge in [0, 0.05) is 18.0 Å². The van der Waals surface area contributed by atoms with E-state index in [9.17, 15) is 9.90 Å². The topological polar surface area (TPSA) is 85.4 Å². The second-order valence-electron chi connectivity index (χ2n) is 5.63. The maximum absolute atomic E-state index is 11.3. The minimum atomic E-state index is -1.18. The number of nitrogens with zero attached hydrogens (tertiary/aromatic N) is 1. The highest BCUT2D eigenvalue weighted by Crippen LogP contribution is 2.31. The lowest BCUT2D eigenvalue weighted by atomic mass is 9.81. The van der Waals surface area contributed by atoms with Crippen LogP contribution < -0.4 is 10.5 Å². The minimum absolute atomic E-state index is 0.188. The van der Waals surface area contributed by atoms with E-state index in [0.29, 0.717) is 18.6 Å². The van der Waals surface area contributed by atoms with Gasteiger partial charge in [0.2, 0.25) is 0 Å². The number of carboxylic acid groups (broad SMARTS) is 1. The Bertz CT molecular complexity index is 668. The summed E-state index contributed by atoms with van der Waals surface area (Å²) in [5.41, 5.74) is 5.58. The molecule has 0 bridgehead atoms. The van der Waals surface area contributed by atoms with Crippen LogP contribution in [0.3, 0.4) is 0 Å². The number of carboxylic acids is 1. The molecule has 1 aliphatic rings. The number of fused-ring (bicyclic) bond motifs is 1. The lowest BCUT2D eigenvalue weighted by molar-refractivity contribution is -0.145. The number of pyridine rings is 1. The molecule has 2 unspecified atom stereocenters. The summed E-state index contributed by atoms with van der Waals surface area (Å²) < 4.78 is 6.01. The molecule has 110 valence electrons. The van der Waals surface area contributed by atoms with Gasteiger partial charge in [0.25, 0.3) is 0 Å². The number of para-hydroxylation sites is 1. The van der Waals surface area contributed by atoms with E-state index in [1.54, 1.807) is 6.20 Å². The summed E-state index contributed by atoms with van der Waals surface area (Å²) in [6.07, 6.45) is 3.93. The number of ether oxygens (including phenoxy) is 1. The van der Waals surface area contributed by atoms with Gasteiger partial charge in [0.15, 0.2) is 0 Å². The summed E-state index contributed by atoms with van der Waals surface area (Å²) in [7, 11) is 0. The first-order chi connectivity index (χ1) is 10.1. The van der Waals surface area contributed by atoms with Gasteiger partial charge >= 0.3 is 5.97 Å². The van der Waals surface area contributed by atoms with E-state index < -0.39 is 11.5 Å². The number of aliphatic carboxylic acids is 1. The standard InChI is InChI=1S/C16H18N2O3/c17-16(15(19)20)8-2-6-12(10-16)21-13-7-1-4-11-5-3-9-18-14(11)13/h1,3-5,7,9,12H,2,6,8,10,17H2,(H,19,20). The van der Waals surface area contributed by atoms with Crippen LogP contribution in [0.15, 0.2) is 36.5 Å². The first kappa shape index (κ1) is 13.8. The smallest absolute Gasteiger partial charge is 0.323 e. The first-order valence-corrected chi connectivity index (χ1v) is 7.11. The molecular weight excluding hydrogens is 268 g/mol. The number of aromatic nitrogens is 1. The Kier molecular flexibility index (Phi) is 3.51. The number of benzene rings is 1. The van der Waals surface area contributed by atoms with Crippen molar-refractivity contribution in [3.05, 3.63) is 36.5 Å². The summed E-state index contributed by atoms with van der Waals surface area (Å²) in [6, 6.07) is 9.60. The normalized spacial score (nSPS) is 25.7. The van der Waals surface area contributed by atoms with E-state index in [0.717, 1.165) is 23.7 Å². The fourth-order valence-corrected chi connectivity index (χ4v) is 2.90. The van der Waals surface area contributed by atoms with Crippen molar-refractivity contribution in [2.24, 2.45) is 5.73 Å². The summed E-state index contributed by atoms with van der Waals surface area (Å²) in [5.74, 6) is -0.264. The van der Waals surface area contributed by atoms with Crippen LogP contribution in [-0.2, 0) is 4.79 Å². The Morgan fingerprint density at radius 1 is 1.38 bits per heavy atom.